The molecule has 0 radical (unpaired) electrons. The first-order valence-corrected chi connectivity index (χ1v) is 15.7. The maximum absolute atomic E-state index is 5.13. The maximum atomic E-state index is 5.13. The van der Waals surface area contributed by atoms with Gasteiger partial charge in [0.2, 0.25) is 0 Å². The second-order valence-electron chi connectivity index (χ2n) is 11.8. The van der Waals surface area contributed by atoms with E-state index in [1.807, 2.05) is 0 Å². The van der Waals surface area contributed by atoms with Crippen LogP contribution < -0.4 is 5.32 Å². The molecule has 0 bridgehead atoms. The zero-order chi connectivity index (χ0) is 26.3. The van der Waals surface area contributed by atoms with E-state index in [9.17, 15) is 0 Å². The lowest BCUT2D eigenvalue weighted by molar-refractivity contribution is 0.108. The van der Waals surface area contributed by atoms with Crippen LogP contribution in [-0.2, 0) is 25.7 Å². The summed E-state index contributed by atoms with van der Waals surface area (Å²) in [7, 11) is 0. The summed E-state index contributed by atoms with van der Waals surface area (Å²) in [6.45, 7) is 6.94. The molecule has 0 atom stereocenters. The van der Waals surface area contributed by atoms with Crippen molar-refractivity contribution in [3.8, 4) is 0 Å². The van der Waals surface area contributed by atoms with Crippen LogP contribution in [0.15, 0.2) is 60.7 Å². The molecule has 1 saturated heterocycles. The molecule has 1 N–H and O–H groups in total. The number of aromatic nitrogens is 1. The number of nitrogens with zero attached hydrogens (tertiary/aromatic N) is 3. The first-order chi connectivity index (χ1) is 19.4. The summed E-state index contributed by atoms with van der Waals surface area (Å²) in [6.07, 6.45) is 13.9. The van der Waals surface area contributed by atoms with Crippen LogP contribution in [0.5, 0.6) is 0 Å². The quantitative estimate of drug-likeness (QED) is 0.296. The minimum atomic E-state index is 0.352. The van der Waals surface area contributed by atoms with Crippen molar-refractivity contribution in [1.29, 1.82) is 0 Å². The average molecular weight is 523 g/mol. The molecule has 0 spiro atoms. The molecule has 4 heteroatoms. The number of unbranched alkanes of at least 4 members (excludes halogenated alkanes) is 2. The van der Waals surface area contributed by atoms with Gasteiger partial charge in [0.05, 0.1) is 6.04 Å². The number of anilines is 1. The van der Waals surface area contributed by atoms with Gasteiger partial charge in [-0.05, 0) is 93.0 Å². The Morgan fingerprint density at radius 2 is 1.21 bits per heavy atom. The van der Waals surface area contributed by atoms with E-state index in [2.05, 4.69) is 75.8 Å². The van der Waals surface area contributed by atoms with Gasteiger partial charge in [0.1, 0.15) is 0 Å². The molecule has 1 aliphatic heterocycles. The summed E-state index contributed by atoms with van der Waals surface area (Å²) in [5.74, 6) is 0. The van der Waals surface area contributed by atoms with Crippen molar-refractivity contribution in [2.75, 3.05) is 44.6 Å². The van der Waals surface area contributed by atoms with E-state index in [1.165, 1.54) is 118 Å². The molecule has 2 aliphatic carbocycles. The number of rotatable bonds is 10. The van der Waals surface area contributed by atoms with Crippen molar-refractivity contribution in [2.45, 2.75) is 76.7 Å². The molecular weight excluding hydrogens is 476 g/mol. The number of pyridine rings is 1. The fourth-order valence-electron chi connectivity index (χ4n) is 7.10. The molecule has 39 heavy (non-hydrogen) atoms. The predicted molar refractivity (Wildman–Crippen MR) is 163 cm³/mol. The largest absolute Gasteiger partial charge is 0.384 e. The van der Waals surface area contributed by atoms with E-state index in [-0.39, 0.29) is 0 Å². The van der Waals surface area contributed by atoms with Crippen LogP contribution in [0, 0.1) is 0 Å². The second kappa shape index (κ2) is 13.1. The van der Waals surface area contributed by atoms with Crippen molar-refractivity contribution in [3.05, 3.63) is 94.3 Å². The van der Waals surface area contributed by atoms with Gasteiger partial charge in [-0.1, -0.05) is 67.1 Å². The monoisotopic (exact) mass is 522 g/mol. The number of aryl methyl sites for hydroxylation is 2. The van der Waals surface area contributed by atoms with Gasteiger partial charge in [-0.15, -0.1) is 0 Å². The minimum Gasteiger partial charge on any atom is -0.384 e. The molecule has 0 saturated carbocycles. The van der Waals surface area contributed by atoms with Gasteiger partial charge >= 0.3 is 0 Å². The van der Waals surface area contributed by atoms with Crippen LogP contribution in [0.1, 0.15) is 84.6 Å². The second-order valence-corrected chi connectivity index (χ2v) is 11.8. The summed E-state index contributed by atoms with van der Waals surface area (Å²) in [5.41, 5.74) is 10.2. The van der Waals surface area contributed by atoms with Gasteiger partial charge in [-0.3, -0.25) is 9.88 Å². The van der Waals surface area contributed by atoms with E-state index in [1.54, 1.807) is 11.1 Å². The van der Waals surface area contributed by atoms with E-state index < -0.39 is 0 Å². The molecule has 4 nitrogen and oxygen atoms in total. The van der Waals surface area contributed by atoms with E-state index >= 15 is 0 Å². The Morgan fingerprint density at radius 3 is 1.79 bits per heavy atom. The standard InChI is InChI=1S/C35H46N4/c1-4-14-28(15-5-1)35(29-16-6-2-7-17-29)39-26-24-38(25-27-39)23-13-3-12-22-36-34-30-18-8-10-20-32(30)37-33-21-11-9-19-31(33)34/h1-2,4-7,14-17,35H,3,8-13,18-27H2,(H,36,37). The third-order valence-electron chi connectivity index (χ3n) is 9.21. The lowest BCUT2D eigenvalue weighted by Crippen LogP contribution is -2.48. The Kier molecular flexibility index (Phi) is 8.92. The zero-order valence-corrected chi connectivity index (χ0v) is 23.7. The van der Waals surface area contributed by atoms with Gasteiger partial charge in [0.15, 0.2) is 0 Å². The molecule has 3 aromatic rings. The van der Waals surface area contributed by atoms with Crippen molar-refractivity contribution < 1.29 is 0 Å². The number of piperazine rings is 1. The molecule has 0 unspecified atom stereocenters. The van der Waals surface area contributed by atoms with Gasteiger partial charge in [0.25, 0.3) is 0 Å². The molecule has 1 aromatic heterocycles. The minimum absolute atomic E-state index is 0.352. The van der Waals surface area contributed by atoms with Gasteiger partial charge < -0.3 is 10.2 Å². The molecule has 206 valence electrons. The SMILES string of the molecule is c1ccc(C(c2ccccc2)N2CCN(CCCCCNc3c4c(nc5c3CCCC5)CCCC4)CC2)cc1. The first-order valence-electron chi connectivity index (χ1n) is 15.7. The van der Waals surface area contributed by atoms with Gasteiger partial charge in [0, 0.05) is 49.8 Å². The third kappa shape index (κ3) is 6.39. The van der Waals surface area contributed by atoms with Crippen molar-refractivity contribution >= 4 is 5.69 Å². The van der Waals surface area contributed by atoms with E-state index in [4.69, 9.17) is 4.98 Å². The summed E-state index contributed by atoms with van der Waals surface area (Å²) in [4.78, 5) is 10.5. The average Bonchev–Trinajstić information content (AvgIpc) is 3.00. The lowest BCUT2D eigenvalue weighted by Gasteiger charge is -2.40. The molecule has 3 aliphatic rings. The summed E-state index contributed by atoms with van der Waals surface area (Å²) >= 11 is 0. The maximum Gasteiger partial charge on any atom is 0.0602 e. The Hall–Kier alpha value is -2.69. The highest BCUT2D eigenvalue weighted by Gasteiger charge is 2.26. The molecule has 2 heterocycles. The van der Waals surface area contributed by atoms with Crippen LogP contribution in [-0.4, -0.2) is 54.1 Å². The fourth-order valence-corrected chi connectivity index (χ4v) is 7.10. The van der Waals surface area contributed by atoms with Crippen LogP contribution in [0.3, 0.4) is 0 Å². The lowest BCUT2D eigenvalue weighted by atomic mass is 9.87. The summed E-state index contributed by atoms with van der Waals surface area (Å²) in [5, 5.41) is 3.93. The van der Waals surface area contributed by atoms with E-state index in [0.717, 1.165) is 19.6 Å². The van der Waals surface area contributed by atoms with Crippen molar-refractivity contribution in [3.63, 3.8) is 0 Å². The number of fused-ring (bicyclic) bond motifs is 2. The molecular formula is C35H46N4. The first kappa shape index (κ1) is 26.5. The molecule has 1 fully saturated rings. The molecule has 2 aromatic carbocycles. The predicted octanol–water partition coefficient (Wildman–Crippen LogP) is 6.83. The van der Waals surface area contributed by atoms with Gasteiger partial charge in [-0.2, -0.15) is 0 Å². The van der Waals surface area contributed by atoms with Crippen LogP contribution >= 0.6 is 0 Å². The Balaban J connectivity index is 0.966. The summed E-state index contributed by atoms with van der Waals surface area (Å²) < 4.78 is 0. The normalized spacial score (nSPS) is 18.1. The topological polar surface area (TPSA) is 31.4 Å². The number of benzene rings is 2. The van der Waals surface area contributed by atoms with Crippen LogP contribution in [0.2, 0.25) is 0 Å². The molecule has 6 rings (SSSR count). The van der Waals surface area contributed by atoms with E-state index in [0.29, 0.717) is 6.04 Å². The summed E-state index contributed by atoms with van der Waals surface area (Å²) in [6, 6.07) is 22.4. The Labute approximate surface area is 235 Å². The number of nitrogens with one attached hydrogen (secondary N) is 1. The third-order valence-corrected chi connectivity index (χ3v) is 9.21. The van der Waals surface area contributed by atoms with Crippen molar-refractivity contribution in [1.82, 2.24) is 14.8 Å². The fraction of sp³-hybridized carbons (Fsp3) is 0.514. The Bertz CT molecular complexity index is 1110. The van der Waals surface area contributed by atoms with Crippen LogP contribution in [0.4, 0.5) is 5.69 Å². The number of hydrogen-bond donors (Lipinski definition) is 1. The highest BCUT2D eigenvalue weighted by atomic mass is 15.3. The van der Waals surface area contributed by atoms with Crippen molar-refractivity contribution in [2.24, 2.45) is 0 Å². The highest BCUT2D eigenvalue weighted by molar-refractivity contribution is 5.62. The van der Waals surface area contributed by atoms with Gasteiger partial charge in [-0.25, -0.2) is 0 Å². The zero-order valence-electron chi connectivity index (χ0n) is 23.7. The smallest absolute Gasteiger partial charge is 0.0602 e. The highest BCUT2D eigenvalue weighted by Crippen LogP contribution is 2.35. The Morgan fingerprint density at radius 1 is 0.641 bits per heavy atom. The number of hydrogen-bond acceptors (Lipinski definition) is 4. The van der Waals surface area contributed by atoms with Crippen LogP contribution in [0.25, 0.3) is 0 Å². The molecule has 0 amide bonds.